The Morgan fingerprint density at radius 2 is 2.12 bits per heavy atom. The molecule has 0 radical (unpaired) electrons. The molecule has 2 aliphatic rings. The average Bonchev–Trinajstić information content (AvgIpc) is 2.85. The van der Waals surface area contributed by atoms with Gasteiger partial charge in [0, 0.05) is 13.6 Å². The van der Waals surface area contributed by atoms with Gasteiger partial charge in [-0.1, -0.05) is 0 Å². The first kappa shape index (κ1) is 12.5. The van der Waals surface area contributed by atoms with Crippen molar-refractivity contribution < 1.29 is 18.0 Å². The number of nitrogens with one attached hydrogen (secondary N) is 2. The van der Waals surface area contributed by atoms with Crippen molar-refractivity contribution in [3.05, 3.63) is 0 Å². The number of carbonyl (C=O) groups excluding carboxylic acids is 2. The molecule has 2 aliphatic heterocycles. The molecule has 7 nitrogen and oxygen atoms in total. The predicted octanol–water partition coefficient (Wildman–Crippen LogP) is -1.97. The van der Waals surface area contributed by atoms with Crippen molar-refractivity contribution in [3.8, 4) is 0 Å². The molecule has 2 unspecified atom stereocenters. The lowest BCUT2D eigenvalue weighted by molar-refractivity contribution is -0.137. The van der Waals surface area contributed by atoms with Gasteiger partial charge in [-0.05, 0) is 13.0 Å². The summed E-state index contributed by atoms with van der Waals surface area (Å²) in [5.41, 5.74) is 0. The van der Waals surface area contributed by atoms with E-state index in [2.05, 4.69) is 10.0 Å². The third kappa shape index (κ3) is 2.33. The molecule has 96 valence electrons. The topological polar surface area (TPSA) is 95.6 Å². The largest absolute Gasteiger partial charge is 0.315 e. The van der Waals surface area contributed by atoms with Gasteiger partial charge in [0.25, 0.3) is 0 Å². The fourth-order valence-electron chi connectivity index (χ4n) is 2.04. The summed E-state index contributed by atoms with van der Waals surface area (Å²) in [6, 6.07) is -0.932. The zero-order chi connectivity index (χ0) is 12.6. The van der Waals surface area contributed by atoms with Crippen LogP contribution < -0.4 is 10.0 Å². The van der Waals surface area contributed by atoms with Gasteiger partial charge in [0.1, 0.15) is 6.04 Å². The molecule has 2 rings (SSSR count). The Morgan fingerprint density at radius 3 is 2.59 bits per heavy atom. The summed E-state index contributed by atoms with van der Waals surface area (Å²) in [5.74, 6) is -0.836. The average molecular weight is 261 g/mol. The molecule has 0 bridgehead atoms. The molecule has 0 spiro atoms. The van der Waals surface area contributed by atoms with E-state index in [1.54, 1.807) is 0 Å². The molecular formula is C9H15N3O4S. The minimum atomic E-state index is -3.54. The fourth-order valence-corrected chi connectivity index (χ4v) is 3.57. The van der Waals surface area contributed by atoms with Gasteiger partial charge < -0.3 is 5.32 Å². The van der Waals surface area contributed by atoms with E-state index >= 15 is 0 Å². The number of rotatable bonds is 3. The van der Waals surface area contributed by atoms with Gasteiger partial charge in [-0.15, -0.1) is 0 Å². The number of likely N-dealkylation sites (tertiary alicyclic amines) is 1. The zero-order valence-corrected chi connectivity index (χ0v) is 10.3. The van der Waals surface area contributed by atoms with E-state index in [-0.39, 0.29) is 12.3 Å². The van der Waals surface area contributed by atoms with Crippen LogP contribution in [-0.4, -0.2) is 56.6 Å². The number of hydrogen-bond acceptors (Lipinski definition) is 5. The van der Waals surface area contributed by atoms with Crippen molar-refractivity contribution in [1.82, 2.24) is 14.9 Å². The highest BCUT2D eigenvalue weighted by Gasteiger charge is 2.40. The Bertz CT molecular complexity index is 441. The van der Waals surface area contributed by atoms with Crippen LogP contribution in [0.25, 0.3) is 0 Å². The highest BCUT2D eigenvalue weighted by Crippen LogP contribution is 2.15. The highest BCUT2D eigenvalue weighted by atomic mass is 32.2. The maximum atomic E-state index is 11.9. The Hall–Kier alpha value is -0.990. The molecule has 2 atom stereocenters. The number of sulfonamides is 1. The smallest absolute Gasteiger partial charge is 0.247 e. The number of carbonyl (C=O) groups is 2. The minimum Gasteiger partial charge on any atom is -0.315 e. The third-order valence-corrected chi connectivity index (χ3v) is 5.04. The van der Waals surface area contributed by atoms with Crippen LogP contribution in [0.3, 0.4) is 0 Å². The van der Waals surface area contributed by atoms with Crippen LogP contribution in [0, 0.1) is 0 Å². The van der Waals surface area contributed by atoms with E-state index in [0.29, 0.717) is 19.5 Å². The number of amides is 2. The van der Waals surface area contributed by atoms with Gasteiger partial charge in [-0.3, -0.25) is 14.5 Å². The first-order valence-corrected chi connectivity index (χ1v) is 6.98. The normalized spacial score (nSPS) is 30.3. The molecular weight excluding hydrogens is 246 g/mol. The Morgan fingerprint density at radius 1 is 1.41 bits per heavy atom. The molecule has 2 N–H and O–H groups in total. The highest BCUT2D eigenvalue weighted by molar-refractivity contribution is 7.90. The first-order valence-electron chi connectivity index (χ1n) is 5.44. The molecule has 2 fully saturated rings. The summed E-state index contributed by atoms with van der Waals surface area (Å²) in [5, 5.41) is 2.43. The number of nitrogens with zero attached hydrogens (tertiary/aromatic N) is 1. The van der Waals surface area contributed by atoms with Gasteiger partial charge in [-0.25, -0.2) is 13.1 Å². The second-order valence-corrected chi connectivity index (χ2v) is 6.32. The van der Waals surface area contributed by atoms with E-state index in [1.165, 1.54) is 7.05 Å². The Balaban J connectivity index is 2.06. The standard InChI is InChI=1S/C9H15N3O4S/c1-12-8(13)4-7(9(12)14)11-17(15,16)6-2-3-10-5-6/h6-7,10-11H,2-5H2,1H3. The summed E-state index contributed by atoms with van der Waals surface area (Å²) < 4.78 is 26.2. The summed E-state index contributed by atoms with van der Waals surface area (Å²) in [7, 11) is -2.18. The van der Waals surface area contributed by atoms with Gasteiger partial charge in [0.15, 0.2) is 0 Å². The van der Waals surface area contributed by atoms with Crippen LogP contribution >= 0.6 is 0 Å². The maximum Gasteiger partial charge on any atom is 0.247 e. The third-order valence-electron chi connectivity index (χ3n) is 3.14. The van der Waals surface area contributed by atoms with E-state index in [9.17, 15) is 18.0 Å². The lowest BCUT2D eigenvalue weighted by Crippen LogP contribution is -2.45. The van der Waals surface area contributed by atoms with Crippen molar-refractivity contribution >= 4 is 21.8 Å². The molecule has 0 saturated carbocycles. The molecule has 8 heteroatoms. The van der Waals surface area contributed by atoms with E-state index < -0.39 is 27.2 Å². The number of imide groups is 1. The van der Waals surface area contributed by atoms with Crippen LogP contribution in [0.4, 0.5) is 0 Å². The lowest BCUT2D eigenvalue weighted by Gasteiger charge is -2.15. The number of likely N-dealkylation sites (N-methyl/N-ethyl adjacent to an activating group) is 1. The summed E-state index contributed by atoms with van der Waals surface area (Å²) in [6.07, 6.45) is 0.439. The van der Waals surface area contributed by atoms with Crippen molar-refractivity contribution in [2.45, 2.75) is 24.1 Å². The van der Waals surface area contributed by atoms with Crippen LogP contribution in [0.5, 0.6) is 0 Å². The fraction of sp³-hybridized carbons (Fsp3) is 0.778. The first-order chi connectivity index (χ1) is 7.92. The lowest BCUT2D eigenvalue weighted by atomic mass is 10.3. The number of hydrogen-bond donors (Lipinski definition) is 2. The van der Waals surface area contributed by atoms with Gasteiger partial charge >= 0.3 is 0 Å². The van der Waals surface area contributed by atoms with Crippen molar-refractivity contribution in [3.63, 3.8) is 0 Å². The molecule has 2 amide bonds. The second-order valence-electron chi connectivity index (χ2n) is 4.33. The monoisotopic (exact) mass is 261 g/mol. The molecule has 0 aromatic heterocycles. The maximum absolute atomic E-state index is 11.9. The van der Waals surface area contributed by atoms with E-state index in [1.807, 2.05) is 0 Å². The van der Waals surface area contributed by atoms with Crippen LogP contribution in [-0.2, 0) is 19.6 Å². The van der Waals surface area contributed by atoms with Crippen molar-refractivity contribution in [1.29, 1.82) is 0 Å². The quantitative estimate of drug-likeness (QED) is 0.574. The Kier molecular flexibility index (Phi) is 3.19. The summed E-state index contributed by atoms with van der Waals surface area (Å²) in [4.78, 5) is 23.8. The molecule has 2 heterocycles. The predicted molar refractivity (Wildman–Crippen MR) is 59.5 cm³/mol. The molecule has 0 aromatic carbocycles. The van der Waals surface area contributed by atoms with Gasteiger partial charge in [0.2, 0.25) is 21.8 Å². The Labute approximate surface area is 99.6 Å². The SMILES string of the molecule is CN1C(=O)CC(NS(=O)(=O)C2CCNC2)C1=O. The minimum absolute atomic E-state index is 0.0886. The molecule has 0 aromatic rings. The second kappa shape index (κ2) is 4.35. The zero-order valence-electron chi connectivity index (χ0n) is 9.47. The molecule has 2 saturated heterocycles. The van der Waals surface area contributed by atoms with E-state index in [0.717, 1.165) is 4.90 Å². The van der Waals surface area contributed by atoms with E-state index in [4.69, 9.17) is 0 Å². The van der Waals surface area contributed by atoms with Crippen molar-refractivity contribution in [2.24, 2.45) is 0 Å². The van der Waals surface area contributed by atoms with Crippen LogP contribution in [0.15, 0.2) is 0 Å². The van der Waals surface area contributed by atoms with Crippen LogP contribution in [0.2, 0.25) is 0 Å². The molecule has 17 heavy (non-hydrogen) atoms. The van der Waals surface area contributed by atoms with Gasteiger partial charge in [-0.2, -0.15) is 0 Å². The van der Waals surface area contributed by atoms with Gasteiger partial charge in [0.05, 0.1) is 11.7 Å². The van der Waals surface area contributed by atoms with Crippen LogP contribution in [0.1, 0.15) is 12.8 Å². The van der Waals surface area contributed by atoms with Crippen molar-refractivity contribution in [2.75, 3.05) is 20.1 Å². The summed E-state index contributed by atoms with van der Waals surface area (Å²) in [6.45, 7) is 1.04. The summed E-state index contributed by atoms with van der Waals surface area (Å²) >= 11 is 0. The molecule has 0 aliphatic carbocycles.